The van der Waals surface area contributed by atoms with E-state index in [9.17, 15) is 9.59 Å². The summed E-state index contributed by atoms with van der Waals surface area (Å²) in [5.74, 6) is 0.800. The van der Waals surface area contributed by atoms with Gasteiger partial charge < -0.3 is 18.9 Å². The van der Waals surface area contributed by atoms with Gasteiger partial charge in [-0.25, -0.2) is 0 Å². The van der Waals surface area contributed by atoms with Crippen molar-refractivity contribution in [2.45, 2.75) is 39.0 Å². The molecular formula is C24H25N3O5. The van der Waals surface area contributed by atoms with Crippen molar-refractivity contribution in [1.29, 1.82) is 0 Å². The van der Waals surface area contributed by atoms with Crippen LogP contribution < -0.4 is 4.74 Å². The minimum Gasteiger partial charge on any atom is -0.486 e. The van der Waals surface area contributed by atoms with Gasteiger partial charge in [0, 0.05) is 43.7 Å². The molecule has 1 fully saturated rings. The zero-order chi connectivity index (χ0) is 22.3. The standard InChI is InChI=1S/C24H25N3O5/c1-17(28)19-4-6-20(7-5-19)31-16-22-13-23(26-32-22)24(29)27(15-21-3-2-12-30-21)14-18-8-10-25-11-9-18/h4-11,13,21H,2-3,12,14-16H2,1H3. The van der Waals surface area contributed by atoms with Crippen LogP contribution in [0.1, 0.15) is 51.9 Å². The fourth-order valence-electron chi connectivity index (χ4n) is 3.55. The average molecular weight is 435 g/mol. The lowest BCUT2D eigenvalue weighted by molar-refractivity contribution is 0.0499. The zero-order valence-corrected chi connectivity index (χ0v) is 17.9. The molecule has 166 valence electrons. The number of hydrogen-bond acceptors (Lipinski definition) is 7. The molecule has 0 radical (unpaired) electrons. The number of benzene rings is 1. The third-order valence-corrected chi connectivity index (χ3v) is 5.28. The number of hydrogen-bond donors (Lipinski definition) is 0. The molecule has 4 rings (SSSR count). The largest absolute Gasteiger partial charge is 0.486 e. The van der Waals surface area contributed by atoms with Crippen molar-refractivity contribution >= 4 is 11.7 Å². The fraction of sp³-hybridized carbons (Fsp3) is 0.333. The van der Waals surface area contributed by atoms with E-state index in [1.807, 2.05) is 12.1 Å². The van der Waals surface area contributed by atoms with Crippen LogP contribution in [0.25, 0.3) is 0 Å². The van der Waals surface area contributed by atoms with E-state index in [0.717, 1.165) is 25.0 Å². The number of ketones is 1. The second-order valence-corrected chi connectivity index (χ2v) is 7.72. The molecule has 1 aromatic carbocycles. The number of carbonyl (C=O) groups excluding carboxylic acids is 2. The molecule has 0 bridgehead atoms. The molecule has 1 saturated heterocycles. The van der Waals surface area contributed by atoms with E-state index < -0.39 is 0 Å². The van der Waals surface area contributed by atoms with E-state index in [4.69, 9.17) is 14.0 Å². The Hall–Kier alpha value is -3.52. The quantitative estimate of drug-likeness (QED) is 0.473. The summed E-state index contributed by atoms with van der Waals surface area (Å²) in [5.41, 5.74) is 1.82. The molecule has 3 heterocycles. The molecule has 0 spiro atoms. The summed E-state index contributed by atoms with van der Waals surface area (Å²) in [6.07, 6.45) is 5.37. The first-order chi connectivity index (χ1) is 15.6. The van der Waals surface area contributed by atoms with Crippen molar-refractivity contribution in [3.8, 4) is 5.75 Å². The molecule has 1 atom stereocenters. The zero-order valence-electron chi connectivity index (χ0n) is 17.9. The SMILES string of the molecule is CC(=O)c1ccc(OCc2cc(C(=O)N(Cc3ccncc3)CC3CCCO3)no2)cc1. The summed E-state index contributed by atoms with van der Waals surface area (Å²) in [6, 6.07) is 12.2. The molecule has 1 aliphatic heterocycles. The van der Waals surface area contributed by atoms with Gasteiger partial charge in [0.15, 0.2) is 17.2 Å². The number of nitrogens with zero attached hydrogens (tertiary/aromatic N) is 3. The van der Waals surface area contributed by atoms with Gasteiger partial charge in [0.1, 0.15) is 12.4 Å². The minimum absolute atomic E-state index is 0.00531. The van der Waals surface area contributed by atoms with Crippen molar-refractivity contribution in [2.24, 2.45) is 0 Å². The smallest absolute Gasteiger partial charge is 0.276 e. The van der Waals surface area contributed by atoms with Gasteiger partial charge in [0.05, 0.1) is 6.10 Å². The van der Waals surface area contributed by atoms with Crippen molar-refractivity contribution in [3.05, 3.63) is 77.4 Å². The molecule has 0 N–H and O–H groups in total. The predicted octanol–water partition coefficient (Wildman–Crippen LogP) is 3.67. The highest BCUT2D eigenvalue weighted by molar-refractivity contribution is 5.94. The molecule has 1 aliphatic rings. The predicted molar refractivity (Wildman–Crippen MR) is 115 cm³/mol. The van der Waals surface area contributed by atoms with E-state index in [1.54, 1.807) is 47.6 Å². The maximum atomic E-state index is 13.2. The second kappa shape index (κ2) is 10.2. The van der Waals surface area contributed by atoms with Crippen LogP contribution in [0.15, 0.2) is 59.4 Å². The van der Waals surface area contributed by atoms with Crippen LogP contribution in [0.4, 0.5) is 0 Å². The van der Waals surface area contributed by atoms with Gasteiger partial charge >= 0.3 is 0 Å². The molecule has 1 unspecified atom stereocenters. The van der Waals surface area contributed by atoms with Gasteiger partial charge in [-0.2, -0.15) is 0 Å². The van der Waals surface area contributed by atoms with E-state index in [0.29, 0.717) is 30.2 Å². The van der Waals surface area contributed by atoms with E-state index >= 15 is 0 Å². The van der Waals surface area contributed by atoms with Gasteiger partial charge in [0.25, 0.3) is 5.91 Å². The third kappa shape index (κ3) is 5.59. The summed E-state index contributed by atoms with van der Waals surface area (Å²) < 4.78 is 16.7. The Labute approximate surface area is 186 Å². The lowest BCUT2D eigenvalue weighted by Gasteiger charge is -2.24. The maximum Gasteiger partial charge on any atom is 0.276 e. The van der Waals surface area contributed by atoms with Gasteiger partial charge in [-0.1, -0.05) is 5.16 Å². The Balaban J connectivity index is 1.41. The monoisotopic (exact) mass is 435 g/mol. The minimum atomic E-state index is -0.224. The van der Waals surface area contributed by atoms with Crippen molar-refractivity contribution in [3.63, 3.8) is 0 Å². The summed E-state index contributed by atoms with van der Waals surface area (Å²) >= 11 is 0. The Morgan fingerprint density at radius 1 is 1.16 bits per heavy atom. The van der Waals surface area contributed by atoms with E-state index in [2.05, 4.69) is 10.1 Å². The molecule has 8 nitrogen and oxygen atoms in total. The normalized spacial score (nSPS) is 15.5. The average Bonchev–Trinajstić information content (AvgIpc) is 3.50. The Morgan fingerprint density at radius 3 is 2.62 bits per heavy atom. The summed E-state index contributed by atoms with van der Waals surface area (Å²) in [6.45, 7) is 3.28. The molecule has 3 aromatic rings. The van der Waals surface area contributed by atoms with Crippen molar-refractivity contribution in [2.75, 3.05) is 13.2 Å². The van der Waals surface area contributed by atoms with Crippen LogP contribution >= 0.6 is 0 Å². The highest BCUT2D eigenvalue weighted by Crippen LogP contribution is 2.19. The van der Waals surface area contributed by atoms with E-state index in [-0.39, 0.29) is 30.1 Å². The van der Waals surface area contributed by atoms with Crippen molar-refractivity contribution < 1.29 is 23.6 Å². The number of pyridine rings is 1. The molecule has 1 amide bonds. The molecular weight excluding hydrogens is 410 g/mol. The Morgan fingerprint density at radius 2 is 1.94 bits per heavy atom. The van der Waals surface area contributed by atoms with Gasteiger partial charge in [-0.15, -0.1) is 0 Å². The lowest BCUT2D eigenvalue weighted by Crippen LogP contribution is -2.37. The molecule has 0 saturated carbocycles. The van der Waals surface area contributed by atoms with Gasteiger partial charge in [-0.05, 0) is 61.7 Å². The lowest BCUT2D eigenvalue weighted by atomic mass is 10.1. The summed E-state index contributed by atoms with van der Waals surface area (Å²) in [7, 11) is 0. The Bertz CT molecular complexity index is 1040. The summed E-state index contributed by atoms with van der Waals surface area (Å²) in [5, 5.41) is 3.96. The number of amides is 1. The van der Waals surface area contributed by atoms with Crippen LogP contribution in [-0.4, -0.2) is 46.0 Å². The first-order valence-corrected chi connectivity index (χ1v) is 10.6. The van der Waals surface area contributed by atoms with Crippen LogP contribution in [0.5, 0.6) is 5.75 Å². The van der Waals surface area contributed by atoms with Crippen LogP contribution in [-0.2, 0) is 17.9 Å². The molecule has 2 aromatic heterocycles. The molecule has 0 aliphatic carbocycles. The Kier molecular flexibility index (Phi) is 6.91. The highest BCUT2D eigenvalue weighted by atomic mass is 16.5. The topological polar surface area (TPSA) is 94.8 Å². The number of rotatable bonds is 9. The molecule has 8 heteroatoms. The second-order valence-electron chi connectivity index (χ2n) is 7.72. The van der Waals surface area contributed by atoms with E-state index in [1.165, 1.54) is 6.92 Å². The first kappa shape index (κ1) is 21.7. The van der Waals surface area contributed by atoms with Crippen molar-refractivity contribution in [1.82, 2.24) is 15.0 Å². The first-order valence-electron chi connectivity index (χ1n) is 10.6. The number of ether oxygens (including phenoxy) is 2. The summed E-state index contributed by atoms with van der Waals surface area (Å²) in [4.78, 5) is 30.3. The third-order valence-electron chi connectivity index (χ3n) is 5.28. The number of Topliss-reactive ketones (excluding diaryl/α,β-unsaturated/α-hetero) is 1. The number of carbonyl (C=O) groups is 2. The molecule has 32 heavy (non-hydrogen) atoms. The number of aromatic nitrogens is 2. The van der Waals surface area contributed by atoms with Crippen LogP contribution in [0.2, 0.25) is 0 Å². The van der Waals surface area contributed by atoms with Crippen LogP contribution in [0.3, 0.4) is 0 Å². The van der Waals surface area contributed by atoms with Crippen LogP contribution in [0, 0.1) is 0 Å². The highest BCUT2D eigenvalue weighted by Gasteiger charge is 2.26. The van der Waals surface area contributed by atoms with Gasteiger partial charge in [0.2, 0.25) is 0 Å². The maximum absolute atomic E-state index is 13.2. The fourth-order valence-corrected chi connectivity index (χ4v) is 3.55. The van der Waals surface area contributed by atoms with Gasteiger partial charge in [-0.3, -0.25) is 14.6 Å².